The van der Waals surface area contributed by atoms with Gasteiger partial charge in [0.15, 0.2) is 0 Å². The maximum absolute atomic E-state index is 12.8. The van der Waals surface area contributed by atoms with Gasteiger partial charge in [-0.1, -0.05) is 55.5 Å². The summed E-state index contributed by atoms with van der Waals surface area (Å²) in [6, 6.07) is 23.2. The second kappa shape index (κ2) is 10.4. The van der Waals surface area contributed by atoms with E-state index in [9.17, 15) is 9.90 Å². The maximum atomic E-state index is 12.8. The van der Waals surface area contributed by atoms with Gasteiger partial charge in [-0.2, -0.15) is 0 Å². The predicted molar refractivity (Wildman–Crippen MR) is 130 cm³/mol. The van der Waals surface area contributed by atoms with E-state index in [1.54, 1.807) is 6.07 Å². The third-order valence-electron chi connectivity index (χ3n) is 6.18. The van der Waals surface area contributed by atoms with E-state index < -0.39 is 0 Å². The SMILES string of the molecule is CCN1CCN(CCc2ccc(O)c(C(=O)Nc3ccc(-c4ccccc4)cc3)c2)CC1. The number of amides is 1. The monoisotopic (exact) mass is 429 g/mol. The highest BCUT2D eigenvalue weighted by Gasteiger charge is 2.16. The van der Waals surface area contributed by atoms with E-state index in [4.69, 9.17) is 0 Å². The Hall–Kier alpha value is -3.15. The Morgan fingerprint density at radius 2 is 1.53 bits per heavy atom. The number of likely N-dealkylation sites (N-methyl/N-ethyl adjacent to an activating group) is 1. The highest BCUT2D eigenvalue weighted by Crippen LogP contribution is 2.23. The van der Waals surface area contributed by atoms with Crippen LogP contribution < -0.4 is 5.32 Å². The Morgan fingerprint density at radius 3 is 2.22 bits per heavy atom. The lowest BCUT2D eigenvalue weighted by Gasteiger charge is -2.34. The number of nitrogens with one attached hydrogen (secondary N) is 1. The summed E-state index contributed by atoms with van der Waals surface area (Å²) >= 11 is 0. The number of rotatable bonds is 7. The van der Waals surface area contributed by atoms with Gasteiger partial charge in [0.1, 0.15) is 5.75 Å². The number of phenolic OH excluding ortho intramolecular Hbond substituents is 1. The summed E-state index contributed by atoms with van der Waals surface area (Å²) in [6.07, 6.45) is 0.860. The highest BCUT2D eigenvalue weighted by atomic mass is 16.3. The largest absolute Gasteiger partial charge is 0.507 e. The maximum Gasteiger partial charge on any atom is 0.259 e. The second-order valence-corrected chi connectivity index (χ2v) is 8.27. The van der Waals surface area contributed by atoms with Gasteiger partial charge < -0.3 is 20.2 Å². The first-order valence-corrected chi connectivity index (χ1v) is 11.4. The van der Waals surface area contributed by atoms with E-state index >= 15 is 0 Å². The molecule has 4 rings (SSSR count). The second-order valence-electron chi connectivity index (χ2n) is 8.27. The highest BCUT2D eigenvalue weighted by molar-refractivity contribution is 6.06. The van der Waals surface area contributed by atoms with Gasteiger partial charge in [-0.3, -0.25) is 4.79 Å². The van der Waals surface area contributed by atoms with Crippen molar-refractivity contribution in [2.24, 2.45) is 0 Å². The van der Waals surface area contributed by atoms with Crippen LogP contribution in [0.15, 0.2) is 72.8 Å². The summed E-state index contributed by atoms with van der Waals surface area (Å²) in [4.78, 5) is 17.8. The average molecular weight is 430 g/mol. The molecule has 1 aliphatic heterocycles. The topological polar surface area (TPSA) is 55.8 Å². The molecular weight excluding hydrogens is 398 g/mol. The third-order valence-corrected chi connectivity index (χ3v) is 6.18. The van der Waals surface area contributed by atoms with Crippen LogP contribution >= 0.6 is 0 Å². The standard InChI is InChI=1S/C27H31N3O2/c1-2-29-16-18-30(19-17-29)15-14-21-8-13-26(31)25(20-21)27(32)28-24-11-9-23(10-12-24)22-6-4-3-5-7-22/h3-13,20,31H,2,14-19H2,1H3,(H,28,32). The first-order chi connectivity index (χ1) is 15.6. The van der Waals surface area contributed by atoms with Crippen molar-refractivity contribution in [3.05, 3.63) is 83.9 Å². The fourth-order valence-corrected chi connectivity index (χ4v) is 4.11. The zero-order valence-electron chi connectivity index (χ0n) is 18.6. The molecule has 0 radical (unpaired) electrons. The van der Waals surface area contributed by atoms with Crippen molar-refractivity contribution in [2.75, 3.05) is 44.6 Å². The Labute approximate surface area is 190 Å². The van der Waals surface area contributed by atoms with Crippen LogP contribution in [-0.2, 0) is 6.42 Å². The van der Waals surface area contributed by atoms with Crippen molar-refractivity contribution in [3.63, 3.8) is 0 Å². The minimum absolute atomic E-state index is 0.00344. The van der Waals surface area contributed by atoms with E-state index in [1.807, 2.05) is 54.6 Å². The summed E-state index contributed by atoms with van der Waals surface area (Å²) < 4.78 is 0. The predicted octanol–water partition coefficient (Wildman–Crippen LogP) is 4.49. The van der Waals surface area contributed by atoms with Crippen molar-refractivity contribution in [3.8, 4) is 16.9 Å². The number of benzene rings is 3. The smallest absolute Gasteiger partial charge is 0.259 e. The molecule has 1 heterocycles. The molecule has 2 N–H and O–H groups in total. The molecule has 5 heteroatoms. The van der Waals surface area contributed by atoms with Crippen molar-refractivity contribution < 1.29 is 9.90 Å². The number of anilines is 1. The van der Waals surface area contributed by atoms with Crippen LogP contribution in [0.3, 0.4) is 0 Å². The number of hydrogen-bond acceptors (Lipinski definition) is 4. The quantitative estimate of drug-likeness (QED) is 0.581. The molecule has 0 aromatic heterocycles. The van der Waals surface area contributed by atoms with Gasteiger partial charge in [0.25, 0.3) is 5.91 Å². The summed E-state index contributed by atoms with van der Waals surface area (Å²) in [6.45, 7) is 8.67. The molecule has 32 heavy (non-hydrogen) atoms. The molecule has 166 valence electrons. The molecule has 3 aromatic carbocycles. The molecule has 1 saturated heterocycles. The molecule has 0 unspecified atom stereocenters. The molecule has 1 fully saturated rings. The van der Waals surface area contributed by atoms with Gasteiger partial charge in [-0.25, -0.2) is 0 Å². The van der Waals surface area contributed by atoms with Crippen LogP contribution in [0.2, 0.25) is 0 Å². The van der Waals surface area contributed by atoms with Crippen molar-refractivity contribution in [1.82, 2.24) is 9.80 Å². The molecule has 0 saturated carbocycles. The number of nitrogens with zero attached hydrogens (tertiary/aromatic N) is 2. The zero-order valence-corrected chi connectivity index (χ0v) is 18.6. The number of piperazine rings is 1. The number of phenols is 1. The average Bonchev–Trinajstić information content (AvgIpc) is 2.85. The van der Waals surface area contributed by atoms with E-state index in [1.165, 1.54) is 0 Å². The van der Waals surface area contributed by atoms with Crippen molar-refractivity contribution in [2.45, 2.75) is 13.3 Å². The van der Waals surface area contributed by atoms with Gasteiger partial charge in [-0.05, 0) is 53.9 Å². The zero-order chi connectivity index (χ0) is 22.3. The molecule has 0 aliphatic carbocycles. The van der Waals surface area contributed by atoms with E-state index in [0.29, 0.717) is 11.3 Å². The molecule has 1 amide bonds. The minimum atomic E-state index is -0.298. The van der Waals surface area contributed by atoms with Crippen LogP contribution in [0.25, 0.3) is 11.1 Å². The first kappa shape index (κ1) is 22.1. The number of aromatic hydroxyl groups is 1. The van der Waals surface area contributed by atoms with Crippen LogP contribution in [0.4, 0.5) is 5.69 Å². The Balaban J connectivity index is 1.37. The lowest BCUT2D eigenvalue weighted by molar-refractivity contribution is 0.102. The fraction of sp³-hybridized carbons (Fsp3) is 0.296. The summed E-state index contributed by atoms with van der Waals surface area (Å²) in [5, 5.41) is 13.2. The van der Waals surface area contributed by atoms with Crippen LogP contribution in [0.1, 0.15) is 22.8 Å². The van der Waals surface area contributed by atoms with Gasteiger partial charge in [-0.15, -0.1) is 0 Å². The summed E-state index contributed by atoms with van der Waals surface area (Å²) in [5.41, 5.74) is 4.30. The van der Waals surface area contributed by atoms with Gasteiger partial charge in [0.05, 0.1) is 5.56 Å². The summed E-state index contributed by atoms with van der Waals surface area (Å²) in [5.74, 6) is -0.294. The summed E-state index contributed by atoms with van der Waals surface area (Å²) in [7, 11) is 0. The molecular formula is C27H31N3O2. The third kappa shape index (κ3) is 5.55. The van der Waals surface area contributed by atoms with Crippen molar-refractivity contribution in [1.29, 1.82) is 0 Å². The molecule has 3 aromatic rings. The number of carbonyl (C=O) groups is 1. The fourth-order valence-electron chi connectivity index (χ4n) is 4.11. The van der Waals surface area contributed by atoms with Crippen molar-refractivity contribution >= 4 is 11.6 Å². The van der Waals surface area contributed by atoms with Gasteiger partial charge in [0, 0.05) is 38.4 Å². The van der Waals surface area contributed by atoms with E-state index in [2.05, 4.69) is 34.2 Å². The molecule has 5 nitrogen and oxygen atoms in total. The van der Waals surface area contributed by atoms with Crippen LogP contribution in [-0.4, -0.2) is 60.1 Å². The normalized spacial score (nSPS) is 14.9. The Kier molecular flexibility index (Phi) is 7.20. The molecule has 1 aliphatic rings. The number of carbonyl (C=O) groups excluding carboxylic acids is 1. The Bertz CT molecular complexity index is 1030. The molecule has 0 atom stereocenters. The Morgan fingerprint density at radius 1 is 0.875 bits per heavy atom. The molecule has 0 spiro atoms. The minimum Gasteiger partial charge on any atom is -0.507 e. The van der Waals surface area contributed by atoms with Gasteiger partial charge >= 0.3 is 0 Å². The van der Waals surface area contributed by atoms with E-state index in [-0.39, 0.29) is 11.7 Å². The number of hydrogen-bond donors (Lipinski definition) is 2. The first-order valence-electron chi connectivity index (χ1n) is 11.4. The lowest BCUT2D eigenvalue weighted by atomic mass is 10.0. The molecule has 0 bridgehead atoms. The lowest BCUT2D eigenvalue weighted by Crippen LogP contribution is -2.46. The van der Waals surface area contributed by atoms with Gasteiger partial charge in [0.2, 0.25) is 0 Å². The van der Waals surface area contributed by atoms with Crippen LogP contribution in [0.5, 0.6) is 5.75 Å². The van der Waals surface area contributed by atoms with Crippen LogP contribution in [0, 0.1) is 0 Å². The van der Waals surface area contributed by atoms with E-state index in [0.717, 1.165) is 62.4 Å².